The third-order valence-corrected chi connectivity index (χ3v) is 2.09. The molecule has 0 aliphatic heterocycles. The van der Waals surface area contributed by atoms with Crippen LogP contribution < -0.4 is 10.5 Å². The summed E-state index contributed by atoms with van der Waals surface area (Å²) in [5.74, 6) is 0.426. The summed E-state index contributed by atoms with van der Waals surface area (Å²) in [5.41, 5.74) is 7.22. The number of nitrogen functional groups attached to an aromatic ring is 1. The highest BCUT2D eigenvalue weighted by Crippen LogP contribution is 2.24. The molecule has 5 heteroatoms. The van der Waals surface area contributed by atoms with Gasteiger partial charge < -0.3 is 15.6 Å². The smallest absolute Gasteiger partial charge is 0.257 e. The highest BCUT2D eigenvalue weighted by Gasteiger charge is 2.09. The first-order valence-electron chi connectivity index (χ1n) is 4.79. The number of fused-ring (bicyclic) bond motifs is 1. The molecule has 0 aliphatic rings. The lowest BCUT2D eigenvalue weighted by Gasteiger charge is -2.00. The Morgan fingerprint density at radius 3 is 3.07 bits per heavy atom. The van der Waals surface area contributed by atoms with Crippen molar-refractivity contribution in [2.24, 2.45) is 0 Å². The molecule has 0 aromatic carbocycles. The van der Waals surface area contributed by atoms with Gasteiger partial charge in [-0.25, -0.2) is 4.52 Å². The lowest BCUT2D eigenvalue weighted by atomic mass is 10.4. The number of aliphatic hydroxyl groups is 1. The Hall–Kier alpha value is -1.75. The summed E-state index contributed by atoms with van der Waals surface area (Å²) in [6.45, 7) is 0.526. The van der Waals surface area contributed by atoms with Gasteiger partial charge in [0, 0.05) is 19.2 Å². The number of pyridine rings is 1. The molecule has 2 heterocycles. The third-order valence-electron chi connectivity index (χ3n) is 2.09. The maximum atomic E-state index is 8.62. The Labute approximate surface area is 87.1 Å². The molecule has 2 aromatic heterocycles. The van der Waals surface area contributed by atoms with Gasteiger partial charge in [-0.1, -0.05) is 6.07 Å². The second kappa shape index (κ2) is 4.18. The summed E-state index contributed by atoms with van der Waals surface area (Å²) in [5, 5.41) is 12.8. The van der Waals surface area contributed by atoms with Crippen molar-refractivity contribution in [1.29, 1.82) is 0 Å². The number of ether oxygens (including phenoxy) is 1. The van der Waals surface area contributed by atoms with E-state index in [9.17, 15) is 0 Å². The number of hydrogen-bond acceptors (Lipinski definition) is 4. The van der Waals surface area contributed by atoms with Crippen LogP contribution in [-0.4, -0.2) is 27.9 Å². The standard InChI is InChI=1S/C10H13N3O2/c11-9-8-4-1-2-5-13(8)12-10(9)15-7-3-6-14/h1-2,4-5,14H,3,6-7,11H2. The van der Waals surface area contributed by atoms with Crippen molar-refractivity contribution in [3.63, 3.8) is 0 Å². The van der Waals surface area contributed by atoms with Gasteiger partial charge in [0.25, 0.3) is 5.88 Å². The van der Waals surface area contributed by atoms with Crippen LogP contribution in [0.3, 0.4) is 0 Å². The van der Waals surface area contributed by atoms with Gasteiger partial charge in [-0.2, -0.15) is 0 Å². The van der Waals surface area contributed by atoms with Crippen molar-refractivity contribution < 1.29 is 9.84 Å². The van der Waals surface area contributed by atoms with Gasteiger partial charge in [-0.05, 0) is 12.1 Å². The van der Waals surface area contributed by atoms with Crippen LogP contribution in [0.2, 0.25) is 0 Å². The van der Waals surface area contributed by atoms with E-state index in [4.69, 9.17) is 15.6 Å². The molecule has 0 bridgehead atoms. The summed E-state index contributed by atoms with van der Waals surface area (Å²) in [6.07, 6.45) is 2.39. The van der Waals surface area contributed by atoms with Crippen LogP contribution in [0, 0.1) is 0 Å². The van der Waals surface area contributed by atoms with Gasteiger partial charge in [0.2, 0.25) is 0 Å². The number of hydrogen-bond donors (Lipinski definition) is 2. The predicted octanol–water partition coefficient (Wildman–Crippen LogP) is 0.678. The Balaban J connectivity index is 2.24. The van der Waals surface area contributed by atoms with Crippen molar-refractivity contribution >= 4 is 11.2 Å². The number of anilines is 1. The number of nitrogens with two attached hydrogens (primary N) is 1. The molecule has 0 fully saturated rings. The van der Waals surface area contributed by atoms with Gasteiger partial charge in [-0.15, -0.1) is 5.10 Å². The van der Waals surface area contributed by atoms with Crippen LogP contribution in [0.25, 0.3) is 5.52 Å². The fourth-order valence-corrected chi connectivity index (χ4v) is 1.34. The Bertz CT molecular complexity index is 453. The summed E-state index contributed by atoms with van der Waals surface area (Å²) in [4.78, 5) is 0. The molecule has 80 valence electrons. The predicted molar refractivity (Wildman–Crippen MR) is 56.8 cm³/mol. The fourth-order valence-electron chi connectivity index (χ4n) is 1.34. The van der Waals surface area contributed by atoms with E-state index >= 15 is 0 Å². The topological polar surface area (TPSA) is 72.8 Å². The Morgan fingerprint density at radius 2 is 2.33 bits per heavy atom. The molecule has 0 spiro atoms. The summed E-state index contributed by atoms with van der Waals surface area (Å²) >= 11 is 0. The van der Waals surface area contributed by atoms with Crippen molar-refractivity contribution in [3.05, 3.63) is 24.4 Å². The summed E-state index contributed by atoms with van der Waals surface area (Å²) in [7, 11) is 0. The van der Waals surface area contributed by atoms with E-state index in [0.717, 1.165) is 5.52 Å². The Morgan fingerprint density at radius 1 is 1.47 bits per heavy atom. The van der Waals surface area contributed by atoms with Gasteiger partial charge in [0.1, 0.15) is 5.69 Å². The van der Waals surface area contributed by atoms with Crippen molar-refractivity contribution in [2.75, 3.05) is 18.9 Å². The van der Waals surface area contributed by atoms with Crippen LogP contribution in [0.15, 0.2) is 24.4 Å². The fraction of sp³-hybridized carbons (Fsp3) is 0.300. The molecule has 0 atom stereocenters. The molecule has 2 aromatic rings. The molecule has 0 unspecified atom stereocenters. The van der Waals surface area contributed by atoms with E-state index in [0.29, 0.717) is 24.6 Å². The molecule has 0 saturated heterocycles. The monoisotopic (exact) mass is 207 g/mol. The number of nitrogens with zero attached hydrogens (tertiary/aromatic N) is 2. The van der Waals surface area contributed by atoms with Crippen LogP contribution in [0.1, 0.15) is 6.42 Å². The first-order valence-corrected chi connectivity index (χ1v) is 4.79. The molecular formula is C10H13N3O2. The zero-order chi connectivity index (χ0) is 10.7. The van der Waals surface area contributed by atoms with Crippen LogP contribution in [0.4, 0.5) is 5.69 Å². The molecule has 2 rings (SSSR count). The molecule has 3 N–H and O–H groups in total. The maximum Gasteiger partial charge on any atom is 0.257 e. The second-order valence-electron chi connectivity index (χ2n) is 3.17. The van der Waals surface area contributed by atoms with Crippen LogP contribution >= 0.6 is 0 Å². The van der Waals surface area contributed by atoms with E-state index in [2.05, 4.69) is 5.10 Å². The lowest BCUT2D eigenvalue weighted by molar-refractivity contribution is 0.229. The quantitative estimate of drug-likeness (QED) is 0.723. The molecule has 0 amide bonds. The second-order valence-corrected chi connectivity index (χ2v) is 3.17. The summed E-state index contributed by atoms with van der Waals surface area (Å²) < 4.78 is 7.02. The highest BCUT2D eigenvalue weighted by atomic mass is 16.5. The number of aromatic nitrogens is 2. The average Bonchev–Trinajstić information content (AvgIpc) is 2.57. The SMILES string of the molecule is Nc1c(OCCCO)nn2ccccc12. The van der Waals surface area contributed by atoms with Crippen LogP contribution in [0.5, 0.6) is 5.88 Å². The normalized spacial score (nSPS) is 10.7. The molecule has 0 saturated carbocycles. The minimum absolute atomic E-state index is 0.104. The minimum atomic E-state index is 0.104. The average molecular weight is 207 g/mol. The van der Waals surface area contributed by atoms with Crippen LogP contribution in [-0.2, 0) is 0 Å². The largest absolute Gasteiger partial charge is 0.475 e. The first kappa shape index (κ1) is 9.79. The van der Waals surface area contributed by atoms with E-state index in [-0.39, 0.29) is 6.61 Å². The van der Waals surface area contributed by atoms with E-state index in [1.165, 1.54) is 0 Å². The first-order chi connectivity index (χ1) is 7.33. The van der Waals surface area contributed by atoms with Gasteiger partial charge >= 0.3 is 0 Å². The van der Waals surface area contributed by atoms with Gasteiger partial charge in [0.15, 0.2) is 0 Å². The van der Waals surface area contributed by atoms with Crippen molar-refractivity contribution in [2.45, 2.75) is 6.42 Å². The van der Waals surface area contributed by atoms with Crippen molar-refractivity contribution in [1.82, 2.24) is 9.61 Å². The zero-order valence-electron chi connectivity index (χ0n) is 8.26. The Kier molecular flexibility index (Phi) is 2.73. The molecule has 0 radical (unpaired) electrons. The minimum Gasteiger partial charge on any atom is -0.475 e. The molecule has 0 aliphatic carbocycles. The van der Waals surface area contributed by atoms with Crippen molar-refractivity contribution in [3.8, 4) is 5.88 Å². The summed E-state index contributed by atoms with van der Waals surface area (Å²) in [6, 6.07) is 5.64. The maximum absolute atomic E-state index is 8.62. The molecular weight excluding hydrogens is 194 g/mol. The van der Waals surface area contributed by atoms with Gasteiger partial charge in [0.05, 0.1) is 12.1 Å². The number of rotatable bonds is 4. The lowest BCUT2D eigenvalue weighted by Crippen LogP contribution is -2.01. The number of aliphatic hydroxyl groups excluding tert-OH is 1. The highest BCUT2D eigenvalue weighted by molar-refractivity contribution is 5.74. The third kappa shape index (κ3) is 1.87. The van der Waals surface area contributed by atoms with Gasteiger partial charge in [-0.3, -0.25) is 0 Å². The van der Waals surface area contributed by atoms with E-state index in [1.807, 2.05) is 24.4 Å². The molecule has 15 heavy (non-hydrogen) atoms. The van der Waals surface area contributed by atoms with E-state index < -0.39 is 0 Å². The molecule has 5 nitrogen and oxygen atoms in total. The zero-order valence-corrected chi connectivity index (χ0v) is 8.26. The van der Waals surface area contributed by atoms with E-state index in [1.54, 1.807) is 4.52 Å².